The van der Waals surface area contributed by atoms with Crippen molar-refractivity contribution >= 4 is 0 Å². The topological polar surface area (TPSA) is 35.2 Å². The summed E-state index contributed by atoms with van der Waals surface area (Å²) in [6, 6.07) is 8.62. The molecule has 0 saturated heterocycles. The number of benzene rings is 1. The summed E-state index contributed by atoms with van der Waals surface area (Å²) in [5.74, 6) is 1.38. The van der Waals surface area contributed by atoms with Crippen molar-refractivity contribution in [3.8, 4) is 0 Å². The second-order valence-electron chi connectivity index (χ2n) is 6.20. The van der Waals surface area contributed by atoms with Gasteiger partial charge in [0.15, 0.2) is 0 Å². The third-order valence-corrected chi connectivity index (χ3v) is 3.19. The standard InChI is InChI=1S/C17H29NO/c1-13(2)9-10-19-12-17(18)16-7-5-15(6-8-16)11-14(3)4/h5-8,13-14,17H,9-12,18H2,1-4H3. The van der Waals surface area contributed by atoms with Crippen molar-refractivity contribution in [3.63, 3.8) is 0 Å². The van der Waals surface area contributed by atoms with E-state index in [0.29, 0.717) is 18.4 Å². The second-order valence-corrected chi connectivity index (χ2v) is 6.20. The van der Waals surface area contributed by atoms with E-state index in [-0.39, 0.29) is 6.04 Å². The molecule has 2 nitrogen and oxygen atoms in total. The molecule has 108 valence electrons. The Balaban J connectivity index is 2.37. The van der Waals surface area contributed by atoms with Gasteiger partial charge < -0.3 is 10.5 Å². The minimum atomic E-state index is -0.0136. The molecule has 19 heavy (non-hydrogen) atoms. The zero-order valence-electron chi connectivity index (χ0n) is 12.9. The van der Waals surface area contributed by atoms with Crippen LogP contribution >= 0.6 is 0 Å². The average Bonchev–Trinajstić information content (AvgIpc) is 2.34. The fourth-order valence-electron chi connectivity index (χ4n) is 2.00. The lowest BCUT2D eigenvalue weighted by atomic mass is 10.00. The van der Waals surface area contributed by atoms with Gasteiger partial charge in [-0.25, -0.2) is 0 Å². The maximum absolute atomic E-state index is 6.14. The van der Waals surface area contributed by atoms with Crippen molar-refractivity contribution in [2.45, 2.75) is 46.6 Å². The number of hydrogen-bond acceptors (Lipinski definition) is 2. The van der Waals surface area contributed by atoms with Crippen molar-refractivity contribution in [3.05, 3.63) is 35.4 Å². The number of nitrogens with two attached hydrogens (primary N) is 1. The molecule has 0 aliphatic rings. The minimum absolute atomic E-state index is 0.0136. The molecule has 0 fully saturated rings. The maximum atomic E-state index is 6.14. The Morgan fingerprint density at radius 3 is 2.16 bits per heavy atom. The molecule has 1 aromatic carbocycles. The molecule has 0 aliphatic heterocycles. The van der Waals surface area contributed by atoms with E-state index < -0.39 is 0 Å². The third kappa shape index (κ3) is 6.74. The van der Waals surface area contributed by atoms with Crippen molar-refractivity contribution in [1.82, 2.24) is 0 Å². The molecule has 0 spiro atoms. The summed E-state index contributed by atoms with van der Waals surface area (Å²) >= 11 is 0. The van der Waals surface area contributed by atoms with Crippen molar-refractivity contribution in [1.29, 1.82) is 0 Å². The largest absolute Gasteiger partial charge is 0.379 e. The van der Waals surface area contributed by atoms with E-state index in [0.717, 1.165) is 25.0 Å². The molecular formula is C17H29NO. The van der Waals surface area contributed by atoms with Crippen LogP contribution in [0.2, 0.25) is 0 Å². The van der Waals surface area contributed by atoms with Crippen molar-refractivity contribution < 1.29 is 4.74 Å². The van der Waals surface area contributed by atoms with E-state index in [2.05, 4.69) is 52.0 Å². The van der Waals surface area contributed by atoms with Crippen LogP contribution in [0.3, 0.4) is 0 Å². The van der Waals surface area contributed by atoms with Crippen LogP contribution in [0.25, 0.3) is 0 Å². The van der Waals surface area contributed by atoms with Crippen LogP contribution < -0.4 is 5.73 Å². The summed E-state index contributed by atoms with van der Waals surface area (Å²) in [4.78, 5) is 0. The van der Waals surface area contributed by atoms with Gasteiger partial charge in [0.2, 0.25) is 0 Å². The van der Waals surface area contributed by atoms with Gasteiger partial charge in [0.25, 0.3) is 0 Å². The Morgan fingerprint density at radius 1 is 1.00 bits per heavy atom. The van der Waals surface area contributed by atoms with Gasteiger partial charge in [-0.2, -0.15) is 0 Å². The molecule has 0 saturated carbocycles. The first kappa shape index (κ1) is 16.2. The van der Waals surface area contributed by atoms with Crippen LogP contribution in [0.5, 0.6) is 0 Å². The summed E-state index contributed by atoms with van der Waals surface area (Å²) in [5, 5.41) is 0. The lowest BCUT2D eigenvalue weighted by Gasteiger charge is -2.14. The van der Waals surface area contributed by atoms with E-state index >= 15 is 0 Å². The Bertz CT molecular complexity index is 343. The van der Waals surface area contributed by atoms with E-state index in [1.54, 1.807) is 0 Å². The molecule has 2 N–H and O–H groups in total. The Morgan fingerprint density at radius 2 is 1.63 bits per heavy atom. The van der Waals surface area contributed by atoms with Crippen molar-refractivity contribution in [2.75, 3.05) is 13.2 Å². The van der Waals surface area contributed by atoms with Crippen molar-refractivity contribution in [2.24, 2.45) is 17.6 Å². The highest BCUT2D eigenvalue weighted by Gasteiger charge is 2.07. The fraction of sp³-hybridized carbons (Fsp3) is 0.647. The number of ether oxygens (including phenoxy) is 1. The summed E-state index contributed by atoms with van der Waals surface area (Å²) in [6.07, 6.45) is 2.22. The lowest BCUT2D eigenvalue weighted by Crippen LogP contribution is -2.18. The van der Waals surface area contributed by atoms with Gasteiger partial charge in [0.05, 0.1) is 12.6 Å². The normalized spacial score (nSPS) is 13.2. The maximum Gasteiger partial charge on any atom is 0.0659 e. The Kier molecular flexibility index (Phi) is 7.11. The molecule has 0 radical (unpaired) electrons. The molecule has 1 rings (SSSR count). The Labute approximate surface area is 118 Å². The molecule has 1 aromatic rings. The molecule has 0 bridgehead atoms. The van der Waals surface area contributed by atoms with E-state index in [9.17, 15) is 0 Å². The third-order valence-electron chi connectivity index (χ3n) is 3.19. The number of rotatable bonds is 8. The average molecular weight is 263 g/mol. The van der Waals surface area contributed by atoms with E-state index in [4.69, 9.17) is 10.5 Å². The van der Waals surface area contributed by atoms with Gasteiger partial charge in [0.1, 0.15) is 0 Å². The van der Waals surface area contributed by atoms with Gasteiger partial charge in [0, 0.05) is 6.61 Å². The zero-order chi connectivity index (χ0) is 14.3. The second kappa shape index (κ2) is 8.34. The minimum Gasteiger partial charge on any atom is -0.379 e. The Hall–Kier alpha value is -0.860. The highest BCUT2D eigenvalue weighted by molar-refractivity contribution is 5.25. The van der Waals surface area contributed by atoms with Crippen LogP contribution in [0.15, 0.2) is 24.3 Å². The van der Waals surface area contributed by atoms with Crippen LogP contribution in [-0.4, -0.2) is 13.2 Å². The van der Waals surface area contributed by atoms with Crippen LogP contribution in [0.4, 0.5) is 0 Å². The molecular weight excluding hydrogens is 234 g/mol. The van der Waals surface area contributed by atoms with Gasteiger partial charge >= 0.3 is 0 Å². The molecule has 1 unspecified atom stereocenters. The SMILES string of the molecule is CC(C)CCOCC(N)c1ccc(CC(C)C)cc1. The monoisotopic (exact) mass is 263 g/mol. The zero-order valence-corrected chi connectivity index (χ0v) is 12.9. The summed E-state index contributed by atoms with van der Waals surface area (Å²) in [7, 11) is 0. The molecule has 0 aliphatic carbocycles. The molecule has 2 heteroatoms. The first-order valence-electron chi connectivity index (χ1n) is 7.41. The first-order valence-corrected chi connectivity index (χ1v) is 7.41. The molecule has 1 atom stereocenters. The van der Waals surface area contributed by atoms with Gasteiger partial charge in [-0.3, -0.25) is 0 Å². The fourth-order valence-corrected chi connectivity index (χ4v) is 2.00. The van der Waals surface area contributed by atoms with Crippen LogP contribution in [-0.2, 0) is 11.2 Å². The van der Waals surface area contributed by atoms with Crippen LogP contribution in [0.1, 0.15) is 51.3 Å². The van der Waals surface area contributed by atoms with Gasteiger partial charge in [-0.05, 0) is 35.8 Å². The lowest BCUT2D eigenvalue weighted by molar-refractivity contribution is 0.111. The predicted molar refractivity (Wildman–Crippen MR) is 82.2 cm³/mol. The highest BCUT2D eigenvalue weighted by Crippen LogP contribution is 2.15. The molecule has 0 aromatic heterocycles. The molecule has 0 heterocycles. The van der Waals surface area contributed by atoms with E-state index in [1.165, 1.54) is 5.56 Å². The highest BCUT2D eigenvalue weighted by atomic mass is 16.5. The smallest absolute Gasteiger partial charge is 0.0659 e. The predicted octanol–water partition coefficient (Wildman–Crippen LogP) is 3.95. The molecule has 0 amide bonds. The van der Waals surface area contributed by atoms with Gasteiger partial charge in [-0.15, -0.1) is 0 Å². The quantitative estimate of drug-likeness (QED) is 0.721. The van der Waals surface area contributed by atoms with E-state index in [1.807, 2.05) is 0 Å². The van der Waals surface area contributed by atoms with Crippen LogP contribution in [0, 0.1) is 11.8 Å². The number of hydrogen-bond donors (Lipinski definition) is 1. The summed E-state index contributed by atoms with van der Waals surface area (Å²) in [5.41, 5.74) is 8.68. The summed E-state index contributed by atoms with van der Waals surface area (Å²) in [6.45, 7) is 10.3. The van der Waals surface area contributed by atoms with Gasteiger partial charge in [-0.1, -0.05) is 52.0 Å². The first-order chi connectivity index (χ1) is 8.99. The summed E-state index contributed by atoms with van der Waals surface area (Å²) < 4.78 is 5.63.